The van der Waals surface area contributed by atoms with Crippen LogP contribution in [-0.4, -0.2) is 32.0 Å². The molecule has 0 N–H and O–H groups in total. The fraction of sp³-hybridized carbons (Fsp3) is 0.565. The van der Waals surface area contributed by atoms with E-state index < -0.39 is 15.6 Å². The summed E-state index contributed by atoms with van der Waals surface area (Å²) in [5, 5.41) is 0. The van der Waals surface area contributed by atoms with Gasteiger partial charge in [0.1, 0.15) is 23.0 Å². The summed E-state index contributed by atoms with van der Waals surface area (Å²) >= 11 is 0. The van der Waals surface area contributed by atoms with E-state index in [2.05, 4.69) is 18.8 Å². The number of oxazole rings is 1. The van der Waals surface area contributed by atoms with Crippen molar-refractivity contribution in [3.63, 3.8) is 0 Å². The number of ether oxygens (including phenoxy) is 1. The van der Waals surface area contributed by atoms with Crippen molar-refractivity contribution in [3.05, 3.63) is 35.7 Å². The lowest BCUT2D eigenvalue weighted by Crippen LogP contribution is -2.28. The van der Waals surface area contributed by atoms with E-state index in [4.69, 9.17) is 9.15 Å². The summed E-state index contributed by atoms with van der Waals surface area (Å²) < 4.78 is 36.1. The number of sulfone groups is 1. The van der Waals surface area contributed by atoms with Crippen molar-refractivity contribution in [2.24, 2.45) is 17.8 Å². The maximum Gasteiger partial charge on any atom is 0.226 e. The van der Waals surface area contributed by atoms with Gasteiger partial charge in [-0.15, -0.1) is 0 Å². The average Bonchev–Trinajstić information content (AvgIpc) is 3.04. The van der Waals surface area contributed by atoms with Gasteiger partial charge in [-0.25, -0.2) is 13.4 Å². The average molecular weight is 434 g/mol. The Balaban J connectivity index is 1.64. The molecule has 7 heteroatoms. The molecule has 3 rings (SSSR count). The maximum atomic E-state index is 12.7. The Labute approximate surface area is 179 Å². The summed E-state index contributed by atoms with van der Waals surface area (Å²) in [4.78, 5) is 16.9. The number of hydrogen-bond donors (Lipinski definition) is 0. The van der Waals surface area contributed by atoms with Gasteiger partial charge in [0, 0.05) is 12.0 Å². The normalized spacial score (nSPS) is 22.1. The molecule has 1 aromatic carbocycles. The van der Waals surface area contributed by atoms with E-state index >= 15 is 0 Å². The van der Waals surface area contributed by atoms with E-state index in [1.165, 1.54) is 6.42 Å². The molecule has 2 aromatic rings. The first-order chi connectivity index (χ1) is 14.2. The molecule has 1 aliphatic carbocycles. The van der Waals surface area contributed by atoms with Crippen molar-refractivity contribution in [2.75, 3.05) is 12.9 Å². The highest BCUT2D eigenvalue weighted by Gasteiger charge is 2.30. The van der Waals surface area contributed by atoms with E-state index in [9.17, 15) is 13.2 Å². The summed E-state index contributed by atoms with van der Waals surface area (Å²) in [5.41, 5.74) is 1.09. The van der Waals surface area contributed by atoms with Crippen molar-refractivity contribution in [1.82, 2.24) is 4.98 Å². The van der Waals surface area contributed by atoms with Gasteiger partial charge in [-0.1, -0.05) is 26.7 Å². The molecule has 1 saturated carbocycles. The fourth-order valence-electron chi connectivity index (χ4n) is 4.26. The number of benzene rings is 1. The minimum Gasteiger partial charge on any atom is -0.497 e. The monoisotopic (exact) mass is 433 g/mol. The van der Waals surface area contributed by atoms with Gasteiger partial charge in [-0.2, -0.15) is 0 Å². The third-order valence-electron chi connectivity index (χ3n) is 6.33. The standard InChI is InChI=1S/C23H31NO5S/c1-15-6-5-7-19(16(15)2)12-20(25)13-30(26,27)14-22-17(3)29-23(24-22)18-8-10-21(28-4)11-9-18/h8-11,15-16,19H,5-7,12-14H2,1-4H3. The Bertz CT molecular complexity index is 978. The maximum absolute atomic E-state index is 12.7. The molecule has 1 aliphatic rings. The van der Waals surface area contributed by atoms with Crippen LogP contribution in [0, 0.1) is 24.7 Å². The molecule has 3 atom stereocenters. The molecule has 0 amide bonds. The first-order valence-electron chi connectivity index (χ1n) is 10.5. The molecule has 0 saturated heterocycles. The van der Waals surface area contributed by atoms with Crippen molar-refractivity contribution in [3.8, 4) is 17.2 Å². The molecular weight excluding hydrogens is 402 g/mol. The quantitative estimate of drug-likeness (QED) is 0.604. The molecule has 0 aliphatic heterocycles. The molecule has 1 fully saturated rings. The first-order valence-corrected chi connectivity index (χ1v) is 12.3. The van der Waals surface area contributed by atoms with E-state index in [1.807, 2.05) is 0 Å². The number of aromatic nitrogens is 1. The summed E-state index contributed by atoms with van der Waals surface area (Å²) in [6, 6.07) is 7.19. The molecule has 0 radical (unpaired) electrons. The fourth-order valence-corrected chi connectivity index (χ4v) is 5.65. The van der Waals surface area contributed by atoms with E-state index in [0.29, 0.717) is 41.4 Å². The minimum atomic E-state index is -3.61. The molecule has 164 valence electrons. The zero-order valence-electron chi connectivity index (χ0n) is 18.2. The topological polar surface area (TPSA) is 86.5 Å². The van der Waals surface area contributed by atoms with Gasteiger partial charge in [0.25, 0.3) is 0 Å². The smallest absolute Gasteiger partial charge is 0.226 e. The van der Waals surface area contributed by atoms with Gasteiger partial charge in [-0.05, 0) is 55.4 Å². The summed E-state index contributed by atoms with van der Waals surface area (Å²) in [5.74, 6) is 1.92. The Morgan fingerprint density at radius 1 is 1.20 bits per heavy atom. The van der Waals surface area contributed by atoms with E-state index in [0.717, 1.165) is 18.4 Å². The number of nitrogens with zero attached hydrogens (tertiary/aromatic N) is 1. The second-order valence-corrected chi connectivity index (χ2v) is 10.6. The van der Waals surface area contributed by atoms with Crippen molar-refractivity contribution < 1.29 is 22.4 Å². The molecule has 0 spiro atoms. The minimum absolute atomic E-state index is 0.197. The molecule has 0 bridgehead atoms. The largest absolute Gasteiger partial charge is 0.497 e. The Morgan fingerprint density at radius 2 is 1.90 bits per heavy atom. The molecule has 30 heavy (non-hydrogen) atoms. The predicted molar refractivity (Wildman–Crippen MR) is 116 cm³/mol. The van der Waals surface area contributed by atoms with Crippen LogP contribution in [0.15, 0.2) is 28.7 Å². The van der Waals surface area contributed by atoms with E-state index in [1.54, 1.807) is 38.3 Å². The third-order valence-corrected chi connectivity index (χ3v) is 7.81. The van der Waals surface area contributed by atoms with Gasteiger partial charge >= 0.3 is 0 Å². The number of methoxy groups -OCH3 is 1. The number of aryl methyl sites for hydroxylation is 1. The summed E-state index contributed by atoms with van der Waals surface area (Å²) in [6.45, 7) is 6.08. The lowest BCUT2D eigenvalue weighted by molar-refractivity contribution is -0.118. The summed E-state index contributed by atoms with van der Waals surface area (Å²) in [6.07, 6.45) is 3.65. The van der Waals surface area contributed by atoms with Crippen LogP contribution in [0.4, 0.5) is 0 Å². The van der Waals surface area contributed by atoms with Crippen LogP contribution >= 0.6 is 0 Å². The molecule has 3 unspecified atom stereocenters. The van der Waals surface area contributed by atoms with Gasteiger partial charge in [-0.3, -0.25) is 4.79 Å². The number of carbonyl (C=O) groups is 1. The Hall–Kier alpha value is -2.15. The molecule has 1 heterocycles. The van der Waals surface area contributed by atoms with Crippen LogP contribution in [0.25, 0.3) is 11.5 Å². The van der Waals surface area contributed by atoms with Gasteiger partial charge < -0.3 is 9.15 Å². The van der Waals surface area contributed by atoms with Crippen LogP contribution in [0.3, 0.4) is 0 Å². The highest BCUT2D eigenvalue weighted by Crippen LogP contribution is 2.36. The highest BCUT2D eigenvalue weighted by atomic mass is 32.2. The lowest BCUT2D eigenvalue weighted by Gasteiger charge is -2.33. The number of carbonyl (C=O) groups excluding carboxylic acids is 1. The first kappa shape index (κ1) is 22.5. The SMILES string of the molecule is COc1ccc(-c2nc(CS(=O)(=O)CC(=O)CC3CCCC(C)C3C)c(C)o2)cc1. The number of Topliss-reactive ketones (excluding diaryl/α,β-unsaturated/α-hetero) is 1. The van der Waals surface area contributed by atoms with Crippen molar-refractivity contribution in [2.45, 2.75) is 52.2 Å². The van der Waals surface area contributed by atoms with E-state index in [-0.39, 0.29) is 17.5 Å². The zero-order valence-corrected chi connectivity index (χ0v) is 19.0. The van der Waals surface area contributed by atoms with Crippen molar-refractivity contribution in [1.29, 1.82) is 0 Å². The second kappa shape index (κ2) is 9.33. The number of rotatable bonds is 8. The second-order valence-electron chi connectivity index (χ2n) is 8.55. The van der Waals surface area contributed by atoms with Gasteiger partial charge in [0.15, 0.2) is 9.84 Å². The highest BCUT2D eigenvalue weighted by molar-refractivity contribution is 7.91. The van der Waals surface area contributed by atoms with Crippen LogP contribution < -0.4 is 4.74 Å². The molecule has 6 nitrogen and oxygen atoms in total. The summed E-state index contributed by atoms with van der Waals surface area (Å²) in [7, 11) is -2.02. The third kappa shape index (κ3) is 5.50. The number of hydrogen-bond acceptors (Lipinski definition) is 6. The van der Waals surface area contributed by atoms with Crippen LogP contribution in [0.2, 0.25) is 0 Å². The van der Waals surface area contributed by atoms with Gasteiger partial charge in [0.2, 0.25) is 5.89 Å². The lowest BCUT2D eigenvalue weighted by atomic mass is 9.72. The van der Waals surface area contributed by atoms with Crippen LogP contribution in [0.5, 0.6) is 5.75 Å². The predicted octanol–water partition coefficient (Wildman–Crippen LogP) is 4.60. The van der Waals surface area contributed by atoms with Crippen LogP contribution in [-0.2, 0) is 20.4 Å². The van der Waals surface area contributed by atoms with Crippen molar-refractivity contribution >= 4 is 15.6 Å². The Kier molecular flexibility index (Phi) is 7.01. The number of ketones is 1. The molecular formula is C23H31NO5S. The zero-order chi connectivity index (χ0) is 21.9. The molecule has 1 aromatic heterocycles. The Morgan fingerprint density at radius 3 is 2.57 bits per heavy atom. The van der Waals surface area contributed by atoms with Crippen LogP contribution in [0.1, 0.15) is 51.0 Å². The van der Waals surface area contributed by atoms with Gasteiger partial charge in [0.05, 0.1) is 18.6 Å².